The summed E-state index contributed by atoms with van der Waals surface area (Å²) < 4.78 is 1.61. The summed E-state index contributed by atoms with van der Waals surface area (Å²) in [6.07, 6.45) is 5.09. The molecule has 0 aliphatic rings. The molecular weight excluding hydrogens is 417 g/mol. The zero-order chi connectivity index (χ0) is 19.8. The zero-order valence-corrected chi connectivity index (χ0v) is 17.3. The Morgan fingerprint density at radius 1 is 0.929 bits per heavy atom. The second kappa shape index (κ2) is 7.51. The van der Waals surface area contributed by atoms with Crippen LogP contribution in [0, 0.1) is 6.92 Å². The molecule has 0 amide bonds. The molecule has 0 aliphatic carbocycles. The lowest BCUT2D eigenvalue weighted by Gasteiger charge is -2.16. The number of nitrogens with zero attached hydrogens (tertiary/aromatic N) is 5. The highest BCUT2D eigenvalue weighted by molar-refractivity contribution is 6.40. The third kappa shape index (κ3) is 3.37. The van der Waals surface area contributed by atoms with E-state index in [1.54, 1.807) is 42.5 Å². The van der Waals surface area contributed by atoms with E-state index in [1.807, 2.05) is 25.1 Å². The molecule has 0 spiro atoms. The Balaban J connectivity index is 2.05. The predicted octanol–water partition coefficient (Wildman–Crippen LogP) is 5.87. The molecule has 8 heteroatoms. The first kappa shape index (κ1) is 18.9. The number of hydrogen-bond donors (Lipinski definition) is 0. The van der Waals surface area contributed by atoms with E-state index in [2.05, 4.69) is 20.3 Å². The third-order valence-corrected chi connectivity index (χ3v) is 5.44. The van der Waals surface area contributed by atoms with Gasteiger partial charge in [0.05, 0.1) is 11.2 Å². The molecule has 2 heterocycles. The topological polar surface area (TPSA) is 56.5 Å². The van der Waals surface area contributed by atoms with Crippen molar-refractivity contribution >= 4 is 34.8 Å². The Bertz CT molecular complexity index is 1170. The lowest BCUT2D eigenvalue weighted by atomic mass is 9.94. The van der Waals surface area contributed by atoms with Crippen molar-refractivity contribution in [3.8, 4) is 33.8 Å². The van der Waals surface area contributed by atoms with Gasteiger partial charge in [-0.1, -0.05) is 52.1 Å². The van der Waals surface area contributed by atoms with Gasteiger partial charge in [-0.2, -0.15) is 0 Å². The number of rotatable bonds is 3. The summed E-state index contributed by atoms with van der Waals surface area (Å²) in [4.78, 5) is 8.60. The summed E-state index contributed by atoms with van der Waals surface area (Å²) in [5.74, 6) is 0.480. The van der Waals surface area contributed by atoms with Crippen LogP contribution in [0.1, 0.15) is 5.56 Å². The average molecular weight is 431 g/mol. The molecule has 0 aliphatic heterocycles. The van der Waals surface area contributed by atoms with Crippen LogP contribution in [-0.2, 0) is 7.05 Å². The average Bonchev–Trinajstić information content (AvgIpc) is 3.12. The minimum atomic E-state index is 0.447. The fraction of sp³-hybridized carbons (Fsp3) is 0.100. The Kier molecular flexibility index (Phi) is 5.06. The van der Waals surface area contributed by atoms with E-state index in [-0.39, 0.29) is 0 Å². The van der Waals surface area contributed by atoms with Crippen LogP contribution in [0.4, 0.5) is 0 Å². The monoisotopic (exact) mass is 429 g/mol. The summed E-state index contributed by atoms with van der Waals surface area (Å²) in [7, 11) is 1.79. The van der Waals surface area contributed by atoms with E-state index in [4.69, 9.17) is 34.8 Å². The van der Waals surface area contributed by atoms with Crippen LogP contribution in [0.25, 0.3) is 33.8 Å². The molecule has 0 unspecified atom stereocenters. The first-order valence-corrected chi connectivity index (χ1v) is 9.51. The van der Waals surface area contributed by atoms with Crippen LogP contribution in [0.2, 0.25) is 15.1 Å². The number of aromatic nitrogens is 5. The van der Waals surface area contributed by atoms with Crippen LogP contribution in [0.3, 0.4) is 0 Å². The number of halogens is 3. The van der Waals surface area contributed by atoms with E-state index < -0.39 is 0 Å². The van der Waals surface area contributed by atoms with Gasteiger partial charge in [0.15, 0.2) is 5.82 Å². The van der Waals surface area contributed by atoms with Gasteiger partial charge in [-0.05, 0) is 36.2 Å². The fourth-order valence-electron chi connectivity index (χ4n) is 2.96. The summed E-state index contributed by atoms with van der Waals surface area (Å²) in [5, 5.41) is 9.87. The van der Waals surface area contributed by atoms with Gasteiger partial charge in [0.1, 0.15) is 5.69 Å². The molecule has 2 aromatic heterocycles. The van der Waals surface area contributed by atoms with E-state index in [0.717, 1.165) is 16.7 Å². The van der Waals surface area contributed by atoms with Crippen molar-refractivity contribution in [1.82, 2.24) is 25.0 Å². The second-order valence-corrected chi connectivity index (χ2v) is 7.48. The van der Waals surface area contributed by atoms with Crippen molar-refractivity contribution in [1.29, 1.82) is 0 Å². The smallest absolute Gasteiger partial charge is 0.160 e. The van der Waals surface area contributed by atoms with Crippen molar-refractivity contribution in [2.45, 2.75) is 6.92 Å². The minimum Gasteiger partial charge on any atom is -0.255 e. The molecule has 0 saturated carbocycles. The van der Waals surface area contributed by atoms with Gasteiger partial charge in [0.2, 0.25) is 0 Å². The molecule has 0 N–H and O–H groups in total. The van der Waals surface area contributed by atoms with Gasteiger partial charge in [-0.3, -0.25) is 4.68 Å². The molecule has 0 atom stereocenters. The largest absolute Gasteiger partial charge is 0.255 e. The van der Waals surface area contributed by atoms with E-state index in [0.29, 0.717) is 37.7 Å². The van der Waals surface area contributed by atoms with Crippen LogP contribution < -0.4 is 0 Å². The number of aryl methyl sites for hydroxylation is 2. The lowest BCUT2D eigenvalue weighted by Crippen LogP contribution is -1.95. The van der Waals surface area contributed by atoms with Crippen LogP contribution in [0.15, 0.2) is 48.9 Å². The molecule has 5 nitrogen and oxygen atoms in total. The number of benzene rings is 2. The van der Waals surface area contributed by atoms with E-state index >= 15 is 0 Å². The van der Waals surface area contributed by atoms with Crippen molar-refractivity contribution in [3.05, 3.63) is 69.6 Å². The summed E-state index contributed by atoms with van der Waals surface area (Å²) in [5.41, 5.74) is 4.42. The molecule has 2 aromatic carbocycles. The van der Waals surface area contributed by atoms with Crippen molar-refractivity contribution < 1.29 is 0 Å². The fourth-order valence-corrected chi connectivity index (χ4v) is 3.78. The van der Waals surface area contributed by atoms with Gasteiger partial charge in [0.25, 0.3) is 0 Å². The lowest BCUT2D eigenvalue weighted by molar-refractivity contribution is 0.715. The highest BCUT2D eigenvalue weighted by Gasteiger charge is 2.23. The van der Waals surface area contributed by atoms with Gasteiger partial charge in [-0.25, -0.2) is 9.97 Å². The van der Waals surface area contributed by atoms with Crippen LogP contribution >= 0.6 is 34.8 Å². The van der Waals surface area contributed by atoms with Crippen molar-refractivity contribution in [3.63, 3.8) is 0 Å². The number of hydrogen-bond acceptors (Lipinski definition) is 4. The maximum absolute atomic E-state index is 6.84. The van der Waals surface area contributed by atoms with Crippen molar-refractivity contribution in [2.75, 3.05) is 0 Å². The van der Waals surface area contributed by atoms with E-state index in [1.165, 1.54) is 0 Å². The van der Waals surface area contributed by atoms with Crippen molar-refractivity contribution in [2.24, 2.45) is 7.05 Å². The standard InChI is InChI=1S/C20H14Cl3N5/c1-11-4-5-12(8-14(11)21)17-15(22)9-13(20-24-6-3-7-25-20)19(23)18(17)16-10-28(2)27-26-16/h3-10H,1-2H3. The summed E-state index contributed by atoms with van der Waals surface area (Å²) in [6.45, 7) is 1.94. The molecule has 28 heavy (non-hydrogen) atoms. The highest BCUT2D eigenvalue weighted by Crippen LogP contribution is 2.46. The van der Waals surface area contributed by atoms with Gasteiger partial charge in [0, 0.05) is 46.2 Å². The van der Waals surface area contributed by atoms with Gasteiger partial charge >= 0.3 is 0 Å². The molecular formula is C20H14Cl3N5. The maximum Gasteiger partial charge on any atom is 0.160 e. The highest BCUT2D eigenvalue weighted by atomic mass is 35.5. The molecule has 140 valence electrons. The quantitative estimate of drug-likeness (QED) is 0.407. The molecule has 0 saturated heterocycles. The minimum absolute atomic E-state index is 0.447. The Hall–Kier alpha value is -2.47. The normalized spacial score (nSPS) is 11.0. The molecule has 0 bridgehead atoms. The first-order valence-electron chi connectivity index (χ1n) is 8.38. The molecule has 4 aromatic rings. The van der Waals surface area contributed by atoms with Crippen LogP contribution in [-0.4, -0.2) is 25.0 Å². The van der Waals surface area contributed by atoms with E-state index in [9.17, 15) is 0 Å². The Labute approximate surface area is 176 Å². The second-order valence-electron chi connectivity index (χ2n) is 6.28. The third-order valence-electron chi connectivity index (χ3n) is 4.34. The Morgan fingerprint density at radius 2 is 1.68 bits per heavy atom. The molecule has 0 fully saturated rings. The Morgan fingerprint density at radius 3 is 2.32 bits per heavy atom. The zero-order valence-electron chi connectivity index (χ0n) is 15.0. The molecule has 0 radical (unpaired) electrons. The maximum atomic E-state index is 6.84. The molecule has 4 rings (SSSR count). The first-order chi connectivity index (χ1) is 13.5. The summed E-state index contributed by atoms with van der Waals surface area (Å²) >= 11 is 19.9. The predicted molar refractivity (Wildman–Crippen MR) is 113 cm³/mol. The van der Waals surface area contributed by atoms with Gasteiger partial charge < -0.3 is 0 Å². The summed E-state index contributed by atoms with van der Waals surface area (Å²) in [6, 6.07) is 9.27. The van der Waals surface area contributed by atoms with Crippen LogP contribution in [0.5, 0.6) is 0 Å². The SMILES string of the molecule is Cc1ccc(-c2c(Cl)cc(-c3ncccn3)c(Cl)c2-c2cn(C)nn2)cc1Cl. The van der Waals surface area contributed by atoms with Gasteiger partial charge in [-0.15, -0.1) is 5.10 Å².